The monoisotopic (exact) mass is 215 g/mol. The second kappa shape index (κ2) is 5.41. The first-order valence-corrected chi connectivity index (χ1v) is 4.40. The molecule has 5 heteroatoms. The molecule has 0 aliphatic heterocycles. The molecule has 0 saturated heterocycles. The molecule has 0 fully saturated rings. The lowest BCUT2D eigenvalue weighted by atomic mass is 10.2. The van der Waals surface area contributed by atoms with Crippen molar-refractivity contribution in [2.45, 2.75) is 12.5 Å². The fourth-order valence-electron chi connectivity index (χ4n) is 0.978. The number of carbonyl (C=O) groups is 1. The first-order valence-electron chi connectivity index (χ1n) is 4.40. The van der Waals surface area contributed by atoms with E-state index in [2.05, 4.69) is 5.32 Å². The lowest BCUT2D eigenvalue weighted by Crippen LogP contribution is -2.35. The molecule has 0 aliphatic rings. The third-order valence-corrected chi connectivity index (χ3v) is 1.80. The van der Waals surface area contributed by atoms with Crippen LogP contribution in [0.5, 0.6) is 0 Å². The normalized spacial score (nSPS) is 12.5. The zero-order valence-corrected chi connectivity index (χ0v) is 7.86. The van der Waals surface area contributed by atoms with Crippen LogP contribution in [0.2, 0.25) is 0 Å². The van der Waals surface area contributed by atoms with Crippen molar-refractivity contribution in [3.05, 3.63) is 35.9 Å². The largest absolute Gasteiger partial charge is 0.385 e. The Balaban J connectivity index is 2.44. The molecule has 0 aliphatic carbocycles. The number of benzene rings is 1. The van der Waals surface area contributed by atoms with E-state index in [1.54, 1.807) is 30.3 Å². The summed E-state index contributed by atoms with van der Waals surface area (Å²) in [6.45, 7) is -0.453. The van der Waals surface area contributed by atoms with Gasteiger partial charge in [-0.1, -0.05) is 18.2 Å². The van der Waals surface area contributed by atoms with E-state index in [9.17, 15) is 13.6 Å². The van der Waals surface area contributed by atoms with Crippen molar-refractivity contribution in [3.8, 4) is 0 Å². The number of hydrogen-bond acceptors (Lipinski definition) is 2. The van der Waals surface area contributed by atoms with Crippen molar-refractivity contribution in [1.29, 1.82) is 0 Å². The molecule has 1 aromatic rings. The molecule has 82 valence electrons. The molecule has 1 rings (SSSR count). The van der Waals surface area contributed by atoms with Crippen LogP contribution in [0.1, 0.15) is 10.4 Å². The number of rotatable bonds is 4. The second-order valence-electron chi connectivity index (χ2n) is 2.98. The van der Waals surface area contributed by atoms with Crippen molar-refractivity contribution in [2.75, 3.05) is 6.54 Å². The fourth-order valence-corrected chi connectivity index (χ4v) is 0.978. The van der Waals surface area contributed by atoms with Crippen LogP contribution < -0.4 is 5.32 Å². The van der Waals surface area contributed by atoms with E-state index in [0.717, 1.165) is 0 Å². The Morgan fingerprint density at radius 3 is 2.47 bits per heavy atom. The number of amides is 1. The maximum atomic E-state index is 11.9. The minimum Gasteiger partial charge on any atom is -0.385 e. The predicted octanol–water partition coefficient (Wildman–Crippen LogP) is 1.04. The van der Waals surface area contributed by atoms with E-state index in [4.69, 9.17) is 5.11 Å². The molecule has 0 aromatic heterocycles. The average molecular weight is 215 g/mol. The van der Waals surface area contributed by atoms with Crippen LogP contribution in [0.25, 0.3) is 0 Å². The van der Waals surface area contributed by atoms with Gasteiger partial charge in [-0.3, -0.25) is 4.79 Å². The van der Waals surface area contributed by atoms with Gasteiger partial charge in [0.2, 0.25) is 0 Å². The van der Waals surface area contributed by atoms with Crippen LogP contribution in [-0.2, 0) is 0 Å². The van der Waals surface area contributed by atoms with Crippen LogP contribution in [0, 0.1) is 0 Å². The summed E-state index contributed by atoms with van der Waals surface area (Å²) >= 11 is 0. The Hall–Kier alpha value is -1.49. The number of nitrogens with one attached hydrogen (secondary N) is 1. The lowest BCUT2D eigenvalue weighted by Gasteiger charge is -2.10. The Bertz CT molecular complexity index is 316. The number of alkyl halides is 2. The van der Waals surface area contributed by atoms with Gasteiger partial charge >= 0.3 is 0 Å². The van der Waals surface area contributed by atoms with Crippen molar-refractivity contribution in [3.63, 3.8) is 0 Å². The number of aliphatic hydroxyl groups excluding tert-OH is 1. The summed E-state index contributed by atoms with van der Waals surface area (Å²) in [7, 11) is 0. The standard InChI is InChI=1S/C10H11F2NO2/c11-9(12)8(14)6-13-10(15)7-4-2-1-3-5-7/h1-5,8-9,14H,6H2,(H,13,15). The van der Waals surface area contributed by atoms with Crippen molar-refractivity contribution < 1.29 is 18.7 Å². The molecule has 2 N–H and O–H groups in total. The number of carbonyl (C=O) groups excluding carboxylic acids is 1. The highest BCUT2D eigenvalue weighted by Gasteiger charge is 2.17. The Morgan fingerprint density at radius 2 is 1.93 bits per heavy atom. The summed E-state index contributed by atoms with van der Waals surface area (Å²) < 4.78 is 23.8. The Labute approximate surface area is 85.7 Å². The first-order chi connectivity index (χ1) is 7.11. The Morgan fingerprint density at radius 1 is 1.33 bits per heavy atom. The number of halogens is 2. The van der Waals surface area contributed by atoms with Gasteiger partial charge in [0.15, 0.2) is 0 Å². The summed E-state index contributed by atoms with van der Waals surface area (Å²) in [6, 6.07) is 8.19. The second-order valence-corrected chi connectivity index (χ2v) is 2.98. The topological polar surface area (TPSA) is 49.3 Å². The van der Waals surface area contributed by atoms with Gasteiger partial charge in [-0.05, 0) is 12.1 Å². The van der Waals surface area contributed by atoms with Crippen LogP contribution in [0.15, 0.2) is 30.3 Å². The van der Waals surface area contributed by atoms with E-state index in [0.29, 0.717) is 5.56 Å². The molecule has 0 saturated carbocycles. The van der Waals surface area contributed by atoms with E-state index >= 15 is 0 Å². The van der Waals surface area contributed by atoms with Gasteiger partial charge in [-0.25, -0.2) is 8.78 Å². The highest BCUT2D eigenvalue weighted by atomic mass is 19.3. The zero-order valence-electron chi connectivity index (χ0n) is 7.86. The Kier molecular flexibility index (Phi) is 4.17. The van der Waals surface area contributed by atoms with Gasteiger partial charge in [0.25, 0.3) is 12.3 Å². The fraction of sp³-hybridized carbons (Fsp3) is 0.300. The van der Waals surface area contributed by atoms with Gasteiger partial charge in [-0.15, -0.1) is 0 Å². The van der Waals surface area contributed by atoms with Crippen molar-refractivity contribution in [1.82, 2.24) is 5.32 Å². The van der Waals surface area contributed by atoms with Gasteiger partial charge < -0.3 is 10.4 Å². The molecule has 0 heterocycles. The third-order valence-electron chi connectivity index (χ3n) is 1.80. The molecule has 1 atom stereocenters. The van der Waals surface area contributed by atoms with E-state index in [1.807, 2.05) is 0 Å². The van der Waals surface area contributed by atoms with Gasteiger partial charge in [0.05, 0.1) is 0 Å². The van der Waals surface area contributed by atoms with Crippen molar-refractivity contribution in [2.24, 2.45) is 0 Å². The van der Waals surface area contributed by atoms with Gasteiger partial charge in [0.1, 0.15) is 6.10 Å². The summed E-state index contributed by atoms with van der Waals surface area (Å²) in [5, 5.41) is 11.0. The molecule has 0 radical (unpaired) electrons. The summed E-state index contributed by atoms with van der Waals surface area (Å²) in [5.74, 6) is -0.477. The molecule has 3 nitrogen and oxygen atoms in total. The SMILES string of the molecule is O=C(NCC(O)C(F)F)c1ccccc1. The molecule has 1 amide bonds. The van der Waals surface area contributed by atoms with Gasteiger partial charge in [-0.2, -0.15) is 0 Å². The lowest BCUT2D eigenvalue weighted by molar-refractivity contribution is -0.00270. The molecular formula is C10H11F2NO2. The molecule has 0 bridgehead atoms. The van der Waals surface area contributed by atoms with E-state index in [-0.39, 0.29) is 0 Å². The van der Waals surface area contributed by atoms with Crippen LogP contribution in [-0.4, -0.2) is 30.1 Å². The molecule has 15 heavy (non-hydrogen) atoms. The maximum absolute atomic E-state index is 11.9. The van der Waals surface area contributed by atoms with Crippen molar-refractivity contribution >= 4 is 5.91 Å². The maximum Gasteiger partial charge on any atom is 0.265 e. The van der Waals surface area contributed by atoms with Crippen LogP contribution >= 0.6 is 0 Å². The third kappa shape index (κ3) is 3.63. The summed E-state index contributed by atoms with van der Waals surface area (Å²) in [6.07, 6.45) is -4.67. The summed E-state index contributed by atoms with van der Waals surface area (Å²) in [4.78, 5) is 11.3. The quantitative estimate of drug-likeness (QED) is 0.788. The zero-order chi connectivity index (χ0) is 11.3. The van der Waals surface area contributed by atoms with Gasteiger partial charge in [0, 0.05) is 12.1 Å². The highest BCUT2D eigenvalue weighted by molar-refractivity contribution is 5.94. The predicted molar refractivity (Wildman–Crippen MR) is 50.8 cm³/mol. The first kappa shape index (κ1) is 11.6. The summed E-state index contributed by atoms with van der Waals surface area (Å²) in [5.41, 5.74) is 0.374. The minimum atomic E-state index is -2.85. The van der Waals surface area contributed by atoms with E-state index < -0.39 is 25.0 Å². The van der Waals surface area contributed by atoms with Crippen LogP contribution in [0.4, 0.5) is 8.78 Å². The molecule has 1 aromatic carbocycles. The molecule has 0 spiro atoms. The number of hydrogen-bond donors (Lipinski definition) is 2. The highest BCUT2D eigenvalue weighted by Crippen LogP contribution is 2.01. The van der Waals surface area contributed by atoms with E-state index in [1.165, 1.54) is 0 Å². The van der Waals surface area contributed by atoms with Crippen LogP contribution in [0.3, 0.4) is 0 Å². The minimum absolute atomic E-state index is 0.374. The smallest absolute Gasteiger partial charge is 0.265 e. The average Bonchev–Trinajstić information content (AvgIpc) is 2.26. The number of aliphatic hydroxyl groups is 1. The molecule has 1 unspecified atom stereocenters. The molecular weight excluding hydrogens is 204 g/mol.